The molecule has 1 rings (SSSR count). The van der Waals surface area contributed by atoms with Crippen LogP contribution in [0.25, 0.3) is 0 Å². The van der Waals surface area contributed by atoms with E-state index in [0.29, 0.717) is 19.6 Å². The molecule has 0 aliphatic rings. The molecule has 0 heterocycles. The van der Waals surface area contributed by atoms with E-state index in [1.165, 1.54) is 0 Å². The van der Waals surface area contributed by atoms with Crippen LogP contribution in [0.15, 0.2) is 12.1 Å². The molecular formula is C15H23ClFNO2. The minimum atomic E-state index is -0.513. The zero-order valence-electron chi connectivity index (χ0n) is 12.3. The molecule has 20 heavy (non-hydrogen) atoms. The van der Waals surface area contributed by atoms with Crippen molar-refractivity contribution in [3.63, 3.8) is 0 Å². The zero-order valence-corrected chi connectivity index (χ0v) is 13.0. The Labute approximate surface area is 125 Å². The maximum absolute atomic E-state index is 13.9. The van der Waals surface area contributed by atoms with Crippen LogP contribution in [0.4, 0.5) is 4.39 Å². The summed E-state index contributed by atoms with van der Waals surface area (Å²) in [6, 6.07) is 3.41. The lowest BCUT2D eigenvalue weighted by molar-refractivity contribution is 0.170. The predicted molar refractivity (Wildman–Crippen MR) is 79.9 cm³/mol. The van der Waals surface area contributed by atoms with Gasteiger partial charge < -0.3 is 15.2 Å². The van der Waals surface area contributed by atoms with Crippen LogP contribution >= 0.6 is 11.6 Å². The summed E-state index contributed by atoms with van der Waals surface area (Å²) in [5.41, 5.74) is 6.78. The van der Waals surface area contributed by atoms with Crippen molar-refractivity contribution in [1.82, 2.24) is 0 Å². The van der Waals surface area contributed by atoms with Crippen LogP contribution < -0.4 is 10.5 Å². The predicted octanol–water partition coefficient (Wildman–Crippen LogP) is 3.42. The van der Waals surface area contributed by atoms with Crippen molar-refractivity contribution in [3.8, 4) is 5.75 Å². The second kappa shape index (κ2) is 8.45. The lowest BCUT2D eigenvalue weighted by Crippen LogP contribution is -2.25. The number of methoxy groups -OCH3 is 1. The second-order valence-corrected chi connectivity index (χ2v) is 5.53. The quantitative estimate of drug-likeness (QED) is 0.748. The Kier molecular flexibility index (Phi) is 7.27. The van der Waals surface area contributed by atoms with E-state index in [2.05, 4.69) is 6.92 Å². The van der Waals surface area contributed by atoms with Gasteiger partial charge in [0.2, 0.25) is 0 Å². The molecule has 2 N–H and O–H groups in total. The van der Waals surface area contributed by atoms with Gasteiger partial charge in [0.1, 0.15) is 0 Å². The molecule has 2 atom stereocenters. The Bertz CT molecular complexity index is 427. The van der Waals surface area contributed by atoms with Crippen LogP contribution in [0.1, 0.15) is 25.8 Å². The van der Waals surface area contributed by atoms with E-state index < -0.39 is 5.82 Å². The number of halogens is 2. The zero-order chi connectivity index (χ0) is 15.1. The molecular weight excluding hydrogens is 281 g/mol. The number of ether oxygens (including phenoxy) is 2. The van der Waals surface area contributed by atoms with Gasteiger partial charge in [0.05, 0.1) is 11.6 Å². The van der Waals surface area contributed by atoms with E-state index in [-0.39, 0.29) is 22.7 Å². The van der Waals surface area contributed by atoms with Crippen LogP contribution in [0.5, 0.6) is 5.75 Å². The van der Waals surface area contributed by atoms with Crippen LogP contribution in [0, 0.1) is 11.7 Å². The van der Waals surface area contributed by atoms with Crippen LogP contribution in [-0.4, -0.2) is 26.4 Å². The van der Waals surface area contributed by atoms with Crippen molar-refractivity contribution in [1.29, 1.82) is 0 Å². The fraction of sp³-hybridized carbons (Fsp3) is 0.600. The molecule has 3 nitrogen and oxygen atoms in total. The maximum atomic E-state index is 13.9. The number of rotatable bonds is 8. The summed E-state index contributed by atoms with van der Waals surface area (Å²) < 4.78 is 24.2. The Morgan fingerprint density at radius 2 is 2.00 bits per heavy atom. The minimum Gasteiger partial charge on any atom is -0.490 e. The Balaban J connectivity index is 2.75. The monoisotopic (exact) mass is 303 g/mol. The van der Waals surface area contributed by atoms with Gasteiger partial charge in [-0.2, -0.15) is 0 Å². The van der Waals surface area contributed by atoms with Crippen molar-refractivity contribution in [3.05, 3.63) is 28.5 Å². The second-order valence-electron chi connectivity index (χ2n) is 5.13. The largest absolute Gasteiger partial charge is 0.490 e. The average Bonchev–Trinajstić information content (AvgIpc) is 2.39. The van der Waals surface area contributed by atoms with Gasteiger partial charge in [0.25, 0.3) is 0 Å². The van der Waals surface area contributed by atoms with Crippen molar-refractivity contribution in [2.75, 3.05) is 20.3 Å². The number of hydrogen-bond acceptors (Lipinski definition) is 3. The summed E-state index contributed by atoms with van der Waals surface area (Å²) >= 11 is 5.91. The van der Waals surface area contributed by atoms with Crippen molar-refractivity contribution in [2.45, 2.75) is 32.7 Å². The Hall–Kier alpha value is -0.840. The standard InChI is InChI=1S/C15H23ClFNO2/c1-10(11(2)18)7-12-8-13(16)15(17)14(9-12)20-6-4-5-19-3/h8-11H,4-7,18H2,1-3H3. The molecule has 2 unspecified atom stereocenters. The molecule has 0 amide bonds. The molecule has 0 bridgehead atoms. The average molecular weight is 304 g/mol. The minimum absolute atomic E-state index is 0.0740. The van der Waals surface area contributed by atoms with E-state index >= 15 is 0 Å². The topological polar surface area (TPSA) is 44.5 Å². The first-order chi connectivity index (χ1) is 9.45. The fourth-order valence-electron chi connectivity index (χ4n) is 1.78. The van der Waals surface area contributed by atoms with Gasteiger partial charge in [-0.3, -0.25) is 0 Å². The highest BCUT2D eigenvalue weighted by Gasteiger charge is 2.14. The molecule has 114 valence electrons. The molecule has 0 aromatic heterocycles. The van der Waals surface area contributed by atoms with Crippen molar-refractivity contribution in [2.24, 2.45) is 11.7 Å². The first-order valence-electron chi connectivity index (χ1n) is 6.81. The maximum Gasteiger partial charge on any atom is 0.183 e. The molecule has 0 saturated carbocycles. The molecule has 1 aromatic carbocycles. The van der Waals surface area contributed by atoms with E-state index in [4.69, 9.17) is 26.8 Å². The van der Waals surface area contributed by atoms with Gasteiger partial charge in [-0.05, 0) is 37.0 Å². The first-order valence-corrected chi connectivity index (χ1v) is 7.18. The highest BCUT2D eigenvalue weighted by Crippen LogP contribution is 2.28. The molecule has 0 fully saturated rings. The molecule has 1 aromatic rings. The number of nitrogens with two attached hydrogens (primary N) is 1. The third-order valence-electron chi connectivity index (χ3n) is 3.26. The summed E-state index contributed by atoms with van der Waals surface area (Å²) in [7, 11) is 1.62. The first kappa shape index (κ1) is 17.2. The lowest BCUT2D eigenvalue weighted by atomic mass is 9.95. The Morgan fingerprint density at radius 1 is 1.30 bits per heavy atom. The SMILES string of the molecule is COCCCOc1cc(CC(C)C(C)N)cc(Cl)c1F. The van der Waals surface area contributed by atoms with Gasteiger partial charge in [0.15, 0.2) is 11.6 Å². The molecule has 5 heteroatoms. The molecule has 0 spiro atoms. The van der Waals surface area contributed by atoms with Gasteiger partial charge in [-0.1, -0.05) is 18.5 Å². The summed E-state index contributed by atoms with van der Waals surface area (Å²) in [4.78, 5) is 0. The lowest BCUT2D eigenvalue weighted by Gasteiger charge is -2.17. The van der Waals surface area contributed by atoms with Gasteiger partial charge >= 0.3 is 0 Å². The number of benzene rings is 1. The Morgan fingerprint density at radius 3 is 2.60 bits per heavy atom. The summed E-state index contributed by atoms with van der Waals surface area (Å²) in [5.74, 6) is -0.0281. The van der Waals surface area contributed by atoms with E-state index in [1.54, 1.807) is 19.2 Å². The normalized spacial score (nSPS) is 14.1. The van der Waals surface area contributed by atoms with Gasteiger partial charge in [-0.25, -0.2) is 4.39 Å². The summed E-state index contributed by atoms with van der Waals surface area (Å²) in [6.07, 6.45) is 1.44. The summed E-state index contributed by atoms with van der Waals surface area (Å²) in [5, 5.41) is 0.0844. The van der Waals surface area contributed by atoms with E-state index in [0.717, 1.165) is 12.0 Å². The van der Waals surface area contributed by atoms with Crippen molar-refractivity contribution < 1.29 is 13.9 Å². The van der Waals surface area contributed by atoms with E-state index in [1.807, 2.05) is 6.92 Å². The van der Waals surface area contributed by atoms with Gasteiger partial charge in [0, 0.05) is 26.2 Å². The van der Waals surface area contributed by atoms with E-state index in [9.17, 15) is 4.39 Å². The summed E-state index contributed by atoms with van der Waals surface area (Å²) in [6.45, 7) is 4.99. The highest BCUT2D eigenvalue weighted by atomic mass is 35.5. The fourth-order valence-corrected chi connectivity index (χ4v) is 2.02. The van der Waals surface area contributed by atoms with Crippen LogP contribution in [0.3, 0.4) is 0 Å². The number of hydrogen-bond donors (Lipinski definition) is 1. The molecule has 0 radical (unpaired) electrons. The molecule has 0 aliphatic heterocycles. The third kappa shape index (κ3) is 5.27. The van der Waals surface area contributed by atoms with Crippen LogP contribution in [-0.2, 0) is 11.2 Å². The third-order valence-corrected chi connectivity index (χ3v) is 3.54. The molecule has 0 aliphatic carbocycles. The highest BCUT2D eigenvalue weighted by molar-refractivity contribution is 6.31. The molecule has 0 saturated heterocycles. The van der Waals surface area contributed by atoms with Gasteiger partial charge in [-0.15, -0.1) is 0 Å². The van der Waals surface area contributed by atoms with Crippen molar-refractivity contribution >= 4 is 11.6 Å². The smallest absolute Gasteiger partial charge is 0.183 e. The van der Waals surface area contributed by atoms with Crippen LogP contribution in [0.2, 0.25) is 5.02 Å².